The van der Waals surface area contributed by atoms with Gasteiger partial charge in [0.1, 0.15) is 5.82 Å². The van der Waals surface area contributed by atoms with Crippen LogP contribution in [0.3, 0.4) is 0 Å². The van der Waals surface area contributed by atoms with Gasteiger partial charge in [-0.1, -0.05) is 24.3 Å². The van der Waals surface area contributed by atoms with E-state index in [-0.39, 0.29) is 11.1 Å². The molecular formula is C16H15FO2S. The summed E-state index contributed by atoms with van der Waals surface area (Å²) in [6.07, 6.45) is 1.48. The lowest BCUT2D eigenvalue weighted by Crippen LogP contribution is -2.06. The fourth-order valence-corrected chi connectivity index (χ4v) is 3.90. The number of halogens is 1. The van der Waals surface area contributed by atoms with Crippen LogP contribution >= 0.6 is 0 Å². The van der Waals surface area contributed by atoms with E-state index in [1.54, 1.807) is 43.3 Å². The molecule has 1 fully saturated rings. The minimum Gasteiger partial charge on any atom is -0.223 e. The van der Waals surface area contributed by atoms with Crippen molar-refractivity contribution in [1.29, 1.82) is 0 Å². The van der Waals surface area contributed by atoms with Crippen LogP contribution in [-0.2, 0) is 9.84 Å². The molecule has 0 atom stereocenters. The van der Waals surface area contributed by atoms with Crippen LogP contribution in [0.15, 0.2) is 47.4 Å². The van der Waals surface area contributed by atoms with Gasteiger partial charge >= 0.3 is 0 Å². The molecule has 0 saturated heterocycles. The first-order valence-electron chi connectivity index (χ1n) is 6.59. The van der Waals surface area contributed by atoms with Gasteiger partial charge in [0.05, 0.1) is 10.1 Å². The van der Waals surface area contributed by atoms with E-state index in [4.69, 9.17) is 0 Å². The van der Waals surface area contributed by atoms with E-state index in [1.807, 2.05) is 0 Å². The average molecular weight is 290 g/mol. The molecule has 0 heterocycles. The lowest BCUT2D eigenvalue weighted by atomic mass is 10.0. The van der Waals surface area contributed by atoms with Crippen molar-refractivity contribution >= 4 is 9.84 Å². The number of sulfone groups is 1. The van der Waals surface area contributed by atoms with Crippen LogP contribution in [0.2, 0.25) is 0 Å². The summed E-state index contributed by atoms with van der Waals surface area (Å²) in [5.74, 6) is -0.280. The molecule has 0 N–H and O–H groups in total. The van der Waals surface area contributed by atoms with Crippen LogP contribution in [0.5, 0.6) is 0 Å². The van der Waals surface area contributed by atoms with Gasteiger partial charge in [0, 0.05) is 0 Å². The summed E-state index contributed by atoms with van der Waals surface area (Å²) >= 11 is 0. The summed E-state index contributed by atoms with van der Waals surface area (Å²) in [5, 5.41) is -0.229. The Morgan fingerprint density at radius 1 is 1.05 bits per heavy atom. The van der Waals surface area contributed by atoms with Gasteiger partial charge in [-0.2, -0.15) is 0 Å². The van der Waals surface area contributed by atoms with Gasteiger partial charge < -0.3 is 0 Å². The van der Waals surface area contributed by atoms with Crippen LogP contribution in [-0.4, -0.2) is 13.7 Å². The summed E-state index contributed by atoms with van der Waals surface area (Å²) in [7, 11) is -3.21. The van der Waals surface area contributed by atoms with E-state index < -0.39 is 9.84 Å². The van der Waals surface area contributed by atoms with E-state index in [2.05, 4.69) is 0 Å². The summed E-state index contributed by atoms with van der Waals surface area (Å²) in [6.45, 7) is 1.70. The molecule has 0 radical (unpaired) electrons. The van der Waals surface area contributed by atoms with Gasteiger partial charge in [0.25, 0.3) is 0 Å². The number of benzene rings is 2. The van der Waals surface area contributed by atoms with Crippen molar-refractivity contribution < 1.29 is 12.8 Å². The van der Waals surface area contributed by atoms with Crippen molar-refractivity contribution in [3.63, 3.8) is 0 Å². The molecule has 0 unspecified atom stereocenters. The largest absolute Gasteiger partial charge is 0.223 e. The first kappa shape index (κ1) is 13.3. The summed E-state index contributed by atoms with van der Waals surface area (Å²) < 4.78 is 38.1. The van der Waals surface area contributed by atoms with Gasteiger partial charge in [0.15, 0.2) is 9.84 Å². The number of hydrogen-bond donors (Lipinski definition) is 0. The van der Waals surface area contributed by atoms with Gasteiger partial charge in [-0.3, -0.25) is 0 Å². The second-order valence-corrected chi connectivity index (χ2v) is 7.46. The van der Waals surface area contributed by atoms with Crippen LogP contribution in [0, 0.1) is 12.7 Å². The quantitative estimate of drug-likeness (QED) is 0.863. The molecule has 2 aromatic carbocycles. The molecule has 2 nitrogen and oxygen atoms in total. The zero-order valence-electron chi connectivity index (χ0n) is 11.1. The molecule has 3 rings (SSSR count). The van der Waals surface area contributed by atoms with Gasteiger partial charge in [-0.15, -0.1) is 0 Å². The highest BCUT2D eigenvalue weighted by Crippen LogP contribution is 2.34. The molecule has 0 aliphatic heterocycles. The highest BCUT2D eigenvalue weighted by molar-refractivity contribution is 7.92. The summed E-state index contributed by atoms with van der Waals surface area (Å²) in [5.41, 5.74) is 2.00. The summed E-state index contributed by atoms with van der Waals surface area (Å²) in [4.78, 5) is 0.332. The van der Waals surface area contributed by atoms with E-state index in [0.29, 0.717) is 16.0 Å². The molecule has 104 valence electrons. The Bertz CT molecular complexity index is 762. The standard InChI is InChI=1S/C16H15FO2S/c1-11-5-6-13(10-16(11)17)12-3-2-4-15(9-12)20(18,19)14-7-8-14/h2-6,9-10,14H,7-8H2,1H3. The lowest BCUT2D eigenvalue weighted by molar-refractivity contribution is 0.595. The summed E-state index contributed by atoms with van der Waals surface area (Å²) in [6, 6.07) is 11.7. The smallest absolute Gasteiger partial charge is 0.181 e. The molecule has 4 heteroatoms. The van der Waals surface area contributed by atoms with Crippen molar-refractivity contribution in [2.45, 2.75) is 29.9 Å². The molecule has 0 amide bonds. The maximum atomic E-state index is 13.6. The third-order valence-corrected chi connectivity index (χ3v) is 5.89. The van der Waals surface area contributed by atoms with Crippen LogP contribution in [0.25, 0.3) is 11.1 Å². The predicted octanol–water partition coefficient (Wildman–Crippen LogP) is 3.74. The zero-order valence-corrected chi connectivity index (χ0v) is 12.0. The third kappa shape index (κ3) is 2.36. The highest BCUT2D eigenvalue weighted by Gasteiger charge is 2.36. The number of rotatable bonds is 3. The molecule has 0 aromatic heterocycles. The third-order valence-electron chi connectivity index (χ3n) is 3.63. The van der Waals surface area contributed by atoms with E-state index in [9.17, 15) is 12.8 Å². The van der Waals surface area contributed by atoms with Gasteiger partial charge in [0.2, 0.25) is 0 Å². The van der Waals surface area contributed by atoms with Crippen molar-refractivity contribution in [3.05, 3.63) is 53.8 Å². The first-order chi connectivity index (χ1) is 9.48. The molecule has 0 bridgehead atoms. The Labute approximate surface area is 118 Å². The molecule has 1 aliphatic rings. The monoisotopic (exact) mass is 290 g/mol. The fourth-order valence-electron chi connectivity index (χ4n) is 2.20. The molecule has 20 heavy (non-hydrogen) atoms. The van der Waals surface area contributed by atoms with Crippen molar-refractivity contribution in [1.82, 2.24) is 0 Å². The maximum absolute atomic E-state index is 13.6. The Balaban J connectivity index is 2.05. The number of aryl methyl sites for hydroxylation is 1. The number of hydrogen-bond acceptors (Lipinski definition) is 2. The van der Waals surface area contributed by atoms with E-state index in [0.717, 1.165) is 18.4 Å². The van der Waals surface area contributed by atoms with Gasteiger partial charge in [-0.25, -0.2) is 12.8 Å². The Hall–Kier alpha value is -1.68. The molecule has 1 aliphatic carbocycles. The van der Waals surface area contributed by atoms with Gasteiger partial charge in [-0.05, 0) is 54.7 Å². The molecule has 0 spiro atoms. The van der Waals surface area contributed by atoms with E-state index >= 15 is 0 Å². The highest BCUT2D eigenvalue weighted by atomic mass is 32.2. The zero-order chi connectivity index (χ0) is 14.3. The Morgan fingerprint density at radius 3 is 2.40 bits per heavy atom. The van der Waals surface area contributed by atoms with Crippen molar-refractivity contribution in [3.8, 4) is 11.1 Å². The second kappa shape index (κ2) is 4.70. The topological polar surface area (TPSA) is 34.1 Å². The average Bonchev–Trinajstić information content (AvgIpc) is 3.27. The Morgan fingerprint density at radius 2 is 1.75 bits per heavy atom. The molecule has 1 saturated carbocycles. The van der Waals surface area contributed by atoms with Crippen LogP contribution < -0.4 is 0 Å². The normalized spacial score (nSPS) is 15.3. The van der Waals surface area contributed by atoms with Crippen molar-refractivity contribution in [2.24, 2.45) is 0 Å². The first-order valence-corrected chi connectivity index (χ1v) is 8.13. The molecular weight excluding hydrogens is 275 g/mol. The minimum absolute atomic E-state index is 0.229. The Kier molecular flexibility index (Phi) is 3.13. The lowest BCUT2D eigenvalue weighted by Gasteiger charge is -2.07. The van der Waals surface area contributed by atoms with E-state index in [1.165, 1.54) is 6.07 Å². The van der Waals surface area contributed by atoms with Crippen LogP contribution in [0.1, 0.15) is 18.4 Å². The van der Waals surface area contributed by atoms with Crippen molar-refractivity contribution in [2.75, 3.05) is 0 Å². The SMILES string of the molecule is Cc1ccc(-c2cccc(S(=O)(=O)C3CC3)c2)cc1F. The maximum Gasteiger partial charge on any atom is 0.181 e. The minimum atomic E-state index is -3.21. The molecule has 2 aromatic rings. The van der Waals surface area contributed by atoms with Crippen LogP contribution in [0.4, 0.5) is 4.39 Å². The predicted molar refractivity (Wildman–Crippen MR) is 76.8 cm³/mol. The fraction of sp³-hybridized carbons (Fsp3) is 0.250. The second-order valence-electron chi connectivity index (χ2n) is 5.24.